The third-order valence-corrected chi connectivity index (χ3v) is 3.00. The highest BCUT2D eigenvalue weighted by Crippen LogP contribution is 2.12. The lowest BCUT2D eigenvalue weighted by atomic mass is 10.2. The molecule has 20 heavy (non-hydrogen) atoms. The van der Waals surface area contributed by atoms with Crippen LogP contribution in [0, 0.1) is 0 Å². The Bertz CT molecular complexity index is 534. The van der Waals surface area contributed by atoms with Crippen molar-refractivity contribution in [3.05, 3.63) is 48.0 Å². The van der Waals surface area contributed by atoms with Gasteiger partial charge in [0.1, 0.15) is 5.82 Å². The maximum absolute atomic E-state index is 12.3. The SMILES string of the molecule is CCCNc1ccc(C(=O)N(C)Cc2ncc[nH]2)cc1. The van der Waals surface area contributed by atoms with Crippen molar-refractivity contribution in [1.29, 1.82) is 0 Å². The van der Waals surface area contributed by atoms with Crippen molar-refractivity contribution >= 4 is 11.6 Å². The number of anilines is 1. The number of amides is 1. The fourth-order valence-electron chi connectivity index (χ4n) is 1.90. The van der Waals surface area contributed by atoms with Crippen LogP contribution in [0.1, 0.15) is 29.5 Å². The molecular weight excluding hydrogens is 252 g/mol. The van der Waals surface area contributed by atoms with E-state index in [2.05, 4.69) is 22.2 Å². The highest BCUT2D eigenvalue weighted by Gasteiger charge is 2.12. The van der Waals surface area contributed by atoms with Crippen molar-refractivity contribution in [3.63, 3.8) is 0 Å². The first-order valence-corrected chi connectivity index (χ1v) is 6.78. The molecule has 0 radical (unpaired) electrons. The predicted molar refractivity (Wildman–Crippen MR) is 79.6 cm³/mol. The first-order chi connectivity index (χ1) is 9.70. The summed E-state index contributed by atoms with van der Waals surface area (Å²) < 4.78 is 0. The minimum Gasteiger partial charge on any atom is -0.385 e. The number of carbonyl (C=O) groups is 1. The molecule has 5 heteroatoms. The molecule has 2 aromatic rings. The molecule has 1 aromatic carbocycles. The van der Waals surface area contributed by atoms with E-state index in [1.165, 1.54) is 0 Å². The molecule has 0 aliphatic carbocycles. The van der Waals surface area contributed by atoms with Crippen molar-refractivity contribution in [1.82, 2.24) is 14.9 Å². The van der Waals surface area contributed by atoms with E-state index in [0.717, 1.165) is 24.5 Å². The molecule has 1 amide bonds. The third kappa shape index (κ3) is 3.60. The van der Waals surface area contributed by atoms with Crippen LogP contribution in [-0.2, 0) is 6.54 Å². The second kappa shape index (κ2) is 6.75. The Kier molecular flexibility index (Phi) is 4.76. The molecule has 5 nitrogen and oxygen atoms in total. The fraction of sp³-hybridized carbons (Fsp3) is 0.333. The molecule has 0 unspecified atom stereocenters. The Hall–Kier alpha value is -2.30. The zero-order chi connectivity index (χ0) is 14.4. The number of carbonyl (C=O) groups excluding carboxylic acids is 1. The first kappa shape index (κ1) is 14.1. The molecule has 0 bridgehead atoms. The Morgan fingerprint density at radius 3 is 2.70 bits per heavy atom. The summed E-state index contributed by atoms with van der Waals surface area (Å²) in [5.41, 5.74) is 1.72. The quantitative estimate of drug-likeness (QED) is 0.849. The number of aromatic nitrogens is 2. The molecule has 1 heterocycles. The summed E-state index contributed by atoms with van der Waals surface area (Å²) in [4.78, 5) is 21.0. The molecule has 0 saturated heterocycles. The molecule has 2 rings (SSSR count). The Morgan fingerprint density at radius 1 is 1.35 bits per heavy atom. The summed E-state index contributed by atoms with van der Waals surface area (Å²) in [6.07, 6.45) is 4.51. The standard InChI is InChI=1S/C15H20N4O/c1-3-8-16-13-6-4-12(5-7-13)15(20)19(2)11-14-17-9-10-18-14/h4-7,9-10,16H,3,8,11H2,1-2H3,(H,17,18). The van der Waals surface area contributed by atoms with E-state index in [1.54, 1.807) is 24.3 Å². The van der Waals surface area contributed by atoms with Crippen LogP contribution in [0.25, 0.3) is 0 Å². The van der Waals surface area contributed by atoms with Crippen LogP contribution < -0.4 is 5.32 Å². The molecule has 0 aliphatic heterocycles. The summed E-state index contributed by atoms with van der Waals surface area (Å²) in [7, 11) is 1.77. The molecule has 0 saturated carbocycles. The zero-order valence-electron chi connectivity index (χ0n) is 11.9. The summed E-state index contributed by atoms with van der Waals surface area (Å²) in [5, 5.41) is 3.29. The number of hydrogen-bond donors (Lipinski definition) is 2. The largest absolute Gasteiger partial charge is 0.385 e. The number of aromatic amines is 1. The number of hydrogen-bond acceptors (Lipinski definition) is 3. The van der Waals surface area contributed by atoms with Crippen molar-refractivity contribution in [2.24, 2.45) is 0 Å². The number of rotatable bonds is 6. The topological polar surface area (TPSA) is 61.0 Å². The number of imidazole rings is 1. The predicted octanol–water partition coefficient (Wildman–Crippen LogP) is 2.50. The van der Waals surface area contributed by atoms with E-state index in [0.29, 0.717) is 12.1 Å². The number of H-pyrrole nitrogens is 1. The van der Waals surface area contributed by atoms with Crippen LogP contribution in [-0.4, -0.2) is 34.4 Å². The lowest BCUT2D eigenvalue weighted by Crippen LogP contribution is -2.26. The van der Waals surface area contributed by atoms with Crippen molar-refractivity contribution in [3.8, 4) is 0 Å². The highest BCUT2D eigenvalue weighted by atomic mass is 16.2. The van der Waals surface area contributed by atoms with Crippen LogP contribution in [0.4, 0.5) is 5.69 Å². The Labute approximate surface area is 119 Å². The first-order valence-electron chi connectivity index (χ1n) is 6.78. The van der Waals surface area contributed by atoms with Gasteiger partial charge in [0.25, 0.3) is 5.91 Å². The van der Waals surface area contributed by atoms with Crippen molar-refractivity contribution in [2.75, 3.05) is 18.9 Å². The van der Waals surface area contributed by atoms with Crippen LogP contribution in [0.15, 0.2) is 36.7 Å². The lowest BCUT2D eigenvalue weighted by molar-refractivity contribution is 0.0782. The zero-order valence-corrected chi connectivity index (χ0v) is 11.9. The molecule has 0 spiro atoms. The van der Waals surface area contributed by atoms with Gasteiger partial charge in [0.2, 0.25) is 0 Å². The van der Waals surface area contributed by atoms with E-state index in [9.17, 15) is 4.79 Å². The van der Waals surface area contributed by atoms with Gasteiger partial charge in [-0.2, -0.15) is 0 Å². The van der Waals surface area contributed by atoms with Gasteiger partial charge in [0, 0.05) is 37.2 Å². The molecule has 0 atom stereocenters. The monoisotopic (exact) mass is 272 g/mol. The number of nitrogens with zero attached hydrogens (tertiary/aromatic N) is 2. The third-order valence-electron chi connectivity index (χ3n) is 3.00. The van der Waals surface area contributed by atoms with Gasteiger partial charge >= 0.3 is 0 Å². The minimum absolute atomic E-state index is 0.0107. The van der Waals surface area contributed by atoms with E-state index >= 15 is 0 Å². The highest BCUT2D eigenvalue weighted by molar-refractivity contribution is 5.94. The van der Waals surface area contributed by atoms with Crippen LogP contribution >= 0.6 is 0 Å². The second-order valence-electron chi connectivity index (χ2n) is 4.70. The molecule has 2 N–H and O–H groups in total. The summed E-state index contributed by atoms with van der Waals surface area (Å²) in [6, 6.07) is 7.56. The maximum Gasteiger partial charge on any atom is 0.254 e. The van der Waals surface area contributed by atoms with Crippen LogP contribution in [0.2, 0.25) is 0 Å². The van der Waals surface area contributed by atoms with Gasteiger partial charge in [-0.15, -0.1) is 0 Å². The maximum atomic E-state index is 12.3. The summed E-state index contributed by atoms with van der Waals surface area (Å²) >= 11 is 0. The van der Waals surface area contributed by atoms with E-state index in [-0.39, 0.29) is 5.91 Å². The van der Waals surface area contributed by atoms with Crippen LogP contribution in [0.3, 0.4) is 0 Å². The average Bonchev–Trinajstić information content (AvgIpc) is 2.97. The van der Waals surface area contributed by atoms with Gasteiger partial charge in [-0.05, 0) is 30.7 Å². The second-order valence-corrected chi connectivity index (χ2v) is 4.70. The summed E-state index contributed by atoms with van der Waals surface area (Å²) in [6.45, 7) is 3.53. The fourth-order valence-corrected chi connectivity index (χ4v) is 1.90. The average molecular weight is 272 g/mol. The van der Waals surface area contributed by atoms with E-state index < -0.39 is 0 Å². The Morgan fingerprint density at radius 2 is 2.10 bits per heavy atom. The van der Waals surface area contributed by atoms with Gasteiger partial charge in [0.05, 0.1) is 6.54 Å². The van der Waals surface area contributed by atoms with Gasteiger partial charge in [-0.3, -0.25) is 4.79 Å². The van der Waals surface area contributed by atoms with Gasteiger partial charge < -0.3 is 15.2 Å². The molecule has 0 aliphatic rings. The smallest absolute Gasteiger partial charge is 0.254 e. The normalized spacial score (nSPS) is 10.3. The van der Waals surface area contributed by atoms with Crippen molar-refractivity contribution in [2.45, 2.75) is 19.9 Å². The van der Waals surface area contributed by atoms with Gasteiger partial charge in [-0.25, -0.2) is 4.98 Å². The lowest BCUT2D eigenvalue weighted by Gasteiger charge is -2.16. The molecule has 1 aromatic heterocycles. The molecule has 0 fully saturated rings. The van der Waals surface area contributed by atoms with E-state index in [4.69, 9.17) is 0 Å². The van der Waals surface area contributed by atoms with Crippen LogP contribution in [0.5, 0.6) is 0 Å². The van der Waals surface area contributed by atoms with E-state index in [1.807, 2.05) is 24.3 Å². The molecular formula is C15H20N4O. The molecule has 106 valence electrons. The summed E-state index contributed by atoms with van der Waals surface area (Å²) in [5.74, 6) is 0.769. The van der Waals surface area contributed by atoms with Gasteiger partial charge in [-0.1, -0.05) is 6.92 Å². The van der Waals surface area contributed by atoms with Gasteiger partial charge in [0.15, 0.2) is 0 Å². The van der Waals surface area contributed by atoms with Crippen molar-refractivity contribution < 1.29 is 4.79 Å². The number of benzene rings is 1. The Balaban J connectivity index is 1.97. The number of nitrogens with one attached hydrogen (secondary N) is 2. The minimum atomic E-state index is -0.0107.